The van der Waals surface area contributed by atoms with Crippen LogP contribution in [0.3, 0.4) is 0 Å². The fraction of sp³-hybridized carbons (Fsp3) is 0.422. The Labute approximate surface area is 336 Å². The van der Waals surface area contributed by atoms with Crippen LogP contribution in [-0.2, 0) is 30.4 Å². The van der Waals surface area contributed by atoms with Crippen molar-refractivity contribution < 1.29 is 24.0 Å². The number of carbonyl (C=O) groups is 5. The quantitative estimate of drug-likeness (QED) is 0.0566. The van der Waals surface area contributed by atoms with E-state index in [1.54, 1.807) is 18.3 Å². The van der Waals surface area contributed by atoms with E-state index in [9.17, 15) is 24.0 Å². The van der Waals surface area contributed by atoms with Gasteiger partial charge in [-0.1, -0.05) is 73.7 Å². The highest BCUT2D eigenvalue weighted by Gasteiger charge is 2.33. The highest BCUT2D eigenvalue weighted by molar-refractivity contribution is 5.90. The lowest BCUT2D eigenvalue weighted by Gasteiger charge is -2.19. The van der Waals surface area contributed by atoms with Crippen molar-refractivity contribution in [1.29, 1.82) is 0 Å². The average molecular weight is 776 g/mol. The van der Waals surface area contributed by atoms with Crippen LogP contribution in [0, 0.1) is 23.7 Å². The zero-order chi connectivity index (χ0) is 40.8. The third kappa shape index (κ3) is 16.1. The highest BCUT2D eigenvalue weighted by atomic mass is 16.2. The van der Waals surface area contributed by atoms with Crippen LogP contribution in [0.1, 0.15) is 98.1 Å². The Hall–Kier alpha value is -5.80. The number of aromatic amines is 1. The molecule has 302 valence electrons. The molecule has 5 N–H and O–H groups in total. The molecule has 0 spiro atoms. The van der Waals surface area contributed by atoms with Crippen LogP contribution in [0.4, 0.5) is 0 Å². The van der Waals surface area contributed by atoms with Crippen LogP contribution in [0.2, 0.25) is 0 Å². The maximum Gasteiger partial charge on any atom is 0.247 e. The lowest BCUT2D eigenvalue weighted by atomic mass is 10.1. The van der Waals surface area contributed by atoms with Gasteiger partial charge in [-0.2, -0.15) is 0 Å². The predicted octanol–water partition coefficient (Wildman–Crippen LogP) is 4.86. The summed E-state index contributed by atoms with van der Waals surface area (Å²) in [5.74, 6) is 7.33. The SMILES string of the molecule is C=CC=C.CN1CCCC1c1ncc(C#Cc2ccc(CCNC(=O)CCCCNC(=O)C(NC(=O)C3CC3)c3ccccc3)cc2)[nH]1.O=CCNC(=O)C1CC1. The summed E-state index contributed by atoms with van der Waals surface area (Å²) >= 11 is 0. The molecule has 57 heavy (non-hydrogen) atoms. The number of imidazole rings is 1. The topological polar surface area (TPSA) is 165 Å². The van der Waals surface area contributed by atoms with Crippen LogP contribution < -0.4 is 21.3 Å². The van der Waals surface area contributed by atoms with Gasteiger partial charge < -0.3 is 31.0 Å². The van der Waals surface area contributed by atoms with Crippen molar-refractivity contribution in [1.82, 2.24) is 36.1 Å². The Bertz CT molecular complexity index is 1830. The number of allylic oxidation sites excluding steroid dienone is 2. The lowest BCUT2D eigenvalue weighted by molar-refractivity contribution is -0.129. The first kappa shape index (κ1) is 43.9. The molecule has 0 bridgehead atoms. The third-order valence-corrected chi connectivity index (χ3v) is 9.70. The largest absolute Gasteiger partial charge is 0.356 e. The molecule has 2 atom stereocenters. The number of hydrogen-bond acceptors (Lipinski definition) is 7. The number of aldehydes is 1. The van der Waals surface area contributed by atoms with Gasteiger partial charge in [0.15, 0.2) is 0 Å². The van der Waals surface area contributed by atoms with Gasteiger partial charge >= 0.3 is 0 Å². The second kappa shape index (κ2) is 24.0. The summed E-state index contributed by atoms with van der Waals surface area (Å²) in [4.78, 5) is 68.1. The molecule has 12 heteroatoms. The van der Waals surface area contributed by atoms with Crippen LogP contribution in [-0.4, -0.2) is 78.0 Å². The third-order valence-electron chi connectivity index (χ3n) is 9.70. The number of aromatic nitrogens is 2. The predicted molar refractivity (Wildman–Crippen MR) is 221 cm³/mol. The molecule has 4 amide bonds. The zero-order valence-electron chi connectivity index (χ0n) is 33.1. The molecular formula is C45H57N7O5. The van der Waals surface area contributed by atoms with E-state index in [0.29, 0.717) is 44.7 Å². The standard InChI is InChI=1S/C35H42N6O3.C6H9NO2.C4H6/c1-41-23-7-10-30(41)33-38-24-29(39-33)19-16-25-12-14-26(15-13-25)20-22-36-31(42)11-5-6-21-37-35(44)32(27-8-3-2-4-9-27)40-34(43)28-17-18-28;8-4-3-7-6(9)5-1-2-5;1-3-4-2/h2-4,8-9,12-15,24,28,30,32H,5-7,10-11,17-18,20-23H2,1H3,(H,36,42)(H,37,44)(H,38,39)(H,40,43);4-5H,1-3H2,(H,7,9);3-4H,1-2H2. The van der Waals surface area contributed by atoms with Gasteiger partial charge in [0, 0.05) is 36.9 Å². The van der Waals surface area contributed by atoms with Crippen molar-refractivity contribution in [3.63, 3.8) is 0 Å². The van der Waals surface area contributed by atoms with E-state index in [-0.39, 0.29) is 42.0 Å². The normalized spacial score (nSPS) is 16.1. The van der Waals surface area contributed by atoms with Gasteiger partial charge in [-0.3, -0.25) is 24.1 Å². The van der Waals surface area contributed by atoms with Crippen molar-refractivity contribution >= 4 is 29.9 Å². The fourth-order valence-corrected chi connectivity index (χ4v) is 6.06. The zero-order valence-corrected chi connectivity index (χ0v) is 33.1. The number of nitrogens with zero attached hydrogens (tertiary/aromatic N) is 2. The van der Waals surface area contributed by atoms with Gasteiger partial charge in [0.25, 0.3) is 0 Å². The number of unbranched alkanes of at least 4 members (excludes halogenated alkanes) is 1. The summed E-state index contributed by atoms with van der Waals surface area (Å²) in [7, 11) is 2.13. The summed E-state index contributed by atoms with van der Waals surface area (Å²) in [6, 6.07) is 17.0. The first-order valence-corrected chi connectivity index (χ1v) is 19.9. The number of H-pyrrole nitrogens is 1. The summed E-state index contributed by atoms with van der Waals surface area (Å²) in [6.45, 7) is 8.99. The van der Waals surface area contributed by atoms with Crippen molar-refractivity contribution in [3.8, 4) is 11.8 Å². The molecule has 0 radical (unpaired) electrons. The molecule has 2 unspecified atom stereocenters. The Balaban J connectivity index is 0.000000472. The lowest BCUT2D eigenvalue weighted by Crippen LogP contribution is -2.41. The summed E-state index contributed by atoms with van der Waals surface area (Å²) in [6.07, 6.45) is 14.3. The van der Waals surface area contributed by atoms with Crippen LogP contribution in [0.15, 0.2) is 86.1 Å². The Morgan fingerprint density at radius 1 is 0.877 bits per heavy atom. The first-order valence-electron chi connectivity index (χ1n) is 19.9. The van der Waals surface area contributed by atoms with E-state index in [4.69, 9.17) is 0 Å². The number of hydrogen-bond donors (Lipinski definition) is 5. The molecule has 3 fully saturated rings. The van der Waals surface area contributed by atoms with Gasteiger partial charge in [0.1, 0.15) is 23.8 Å². The molecule has 2 aliphatic carbocycles. The Morgan fingerprint density at radius 3 is 2.21 bits per heavy atom. The highest BCUT2D eigenvalue weighted by Crippen LogP contribution is 2.30. The monoisotopic (exact) mass is 775 g/mol. The maximum absolute atomic E-state index is 12.9. The first-order chi connectivity index (χ1) is 27.7. The van der Waals surface area contributed by atoms with Crippen molar-refractivity contribution in [2.24, 2.45) is 11.8 Å². The van der Waals surface area contributed by atoms with Crippen molar-refractivity contribution in [3.05, 3.63) is 114 Å². The summed E-state index contributed by atoms with van der Waals surface area (Å²) in [5, 5.41) is 11.3. The molecular weight excluding hydrogens is 719 g/mol. The molecule has 3 aliphatic rings. The van der Waals surface area contributed by atoms with E-state index in [1.807, 2.05) is 54.6 Å². The molecule has 2 heterocycles. The Kier molecular flexibility index (Phi) is 18.5. The summed E-state index contributed by atoms with van der Waals surface area (Å²) < 4.78 is 0. The molecule has 1 saturated heterocycles. The molecule has 12 nitrogen and oxygen atoms in total. The molecule has 2 saturated carbocycles. The van der Waals surface area contributed by atoms with E-state index in [0.717, 1.165) is 73.3 Å². The minimum atomic E-state index is -0.706. The van der Waals surface area contributed by atoms with Gasteiger partial charge in [-0.25, -0.2) is 4.98 Å². The second-order valence-electron chi connectivity index (χ2n) is 14.4. The number of carbonyl (C=O) groups excluding carboxylic acids is 5. The smallest absolute Gasteiger partial charge is 0.247 e. The number of nitrogens with one attached hydrogen (secondary N) is 5. The fourth-order valence-electron chi connectivity index (χ4n) is 6.06. The van der Waals surface area contributed by atoms with E-state index < -0.39 is 6.04 Å². The van der Waals surface area contributed by atoms with Crippen LogP contribution in [0.25, 0.3) is 0 Å². The Morgan fingerprint density at radius 2 is 1.58 bits per heavy atom. The maximum atomic E-state index is 12.9. The van der Waals surface area contributed by atoms with Crippen molar-refractivity contribution in [2.45, 2.75) is 76.3 Å². The number of amides is 4. The second-order valence-corrected chi connectivity index (χ2v) is 14.4. The number of likely N-dealkylation sites (tertiary alicyclic amines) is 1. The molecule has 2 aromatic carbocycles. The van der Waals surface area contributed by atoms with E-state index in [2.05, 4.69) is 68.2 Å². The molecule has 3 aromatic rings. The van der Waals surface area contributed by atoms with Crippen LogP contribution in [0.5, 0.6) is 0 Å². The van der Waals surface area contributed by atoms with Gasteiger partial charge in [-0.15, -0.1) is 0 Å². The minimum absolute atomic E-state index is 0.000367. The van der Waals surface area contributed by atoms with Crippen LogP contribution >= 0.6 is 0 Å². The summed E-state index contributed by atoms with van der Waals surface area (Å²) in [5.41, 5.74) is 3.65. The molecule has 1 aromatic heterocycles. The molecule has 1 aliphatic heterocycles. The van der Waals surface area contributed by atoms with Gasteiger partial charge in [-0.05, 0) is 101 Å². The van der Waals surface area contributed by atoms with E-state index >= 15 is 0 Å². The van der Waals surface area contributed by atoms with E-state index in [1.165, 1.54) is 6.42 Å². The number of rotatable bonds is 17. The average Bonchev–Trinajstić information content (AvgIpc) is 4.17. The number of benzene rings is 2. The minimum Gasteiger partial charge on any atom is -0.356 e. The van der Waals surface area contributed by atoms with Gasteiger partial charge in [0.05, 0.1) is 18.8 Å². The molecule has 6 rings (SSSR count). The van der Waals surface area contributed by atoms with Gasteiger partial charge in [0.2, 0.25) is 23.6 Å². The van der Waals surface area contributed by atoms with Crippen molar-refractivity contribution in [2.75, 3.05) is 33.2 Å².